The van der Waals surface area contributed by atoms with Crippen molar-refractivity contribution in [3.63, 3.8) is 0 Å². The fraction of sp³-hybridized carbons (Fsp3) is 0.538. The highest BCUT2D eigenvalue weighted by Gasteiger charge is 2.16. The molecule has 0 aliphatic rings. The molecule has 0 aromatic heterocycles. The summed E-state index contributed by atoms with van der Waals surface area (Å²) in [5.41, 5.74) is 0.962. The Hall–Kier alpha value is -1.07. The zero-order valence-corrected chi connectivity index (χ0v) is 12.1. The first-order valence-electron chi connectivity index (χ1n) is 6.25. The van der Waals surface area contributed by atoms with Gasteiger partial charge in [-0.25, -0.2) is 12.7 Å². The molecule has 0 unspecified atom stereocenters. The van der Waals surface area contributed by atoms with Gasteiger partial charge in [-0.3, -0.25) is 0 Å². The molecule has 5 heteroatoms. The maximum absolute atomic E-state index is 11.8. The van der Waals surface area contributed by atoms with Crippen LogP contribution in [-0.4, -0.2) is 33.4 Å². The first-order chi connectivity index (χ1) is 8.48. The van der Waals surface area contributed by atoms with E-state index >= 15 is 0 Å². The summed E-state index contributed by atoms with van der Waals surface area (Å²) < 4.78 is 24.9. The average Bonchev–Trinajstić information content (AvgIpc) is 2.35. The standard InChI is InChI=1S/C13H22N2O2S/c1-4-5-6-11-14-12-7-9-13(10-8-12)18(16,17)15(2)3/h7-10,14H,4-6,11H2,1-3H3. The lowest BCUT2D eigenvalue weighted by Gasteiger charge is -2.12. The SMILES string of the molecule is CCCCCNc1ccc(S(=O)(=O)N(C)C)cc1. The molecule has 1 N–H and O–H groups in total. The highest BCUT2D eigenvalue weighted by molar-refractivity contribution is 7.89. The fourth-order valence-corrected chi connectivity index (χ4v) is 2.46. The van der Waals surface area contributed by atoms with Crippen molar-refractivity contribution in [3.05, 3.63) is 24.3 Å². The van der Waals surface area contributed by atoms with E-state index in [4.69, 9.17) is 0 Å². The van der Waals surface area contributed by atoms with E-state index in [-0.39, 0.29) is 0 Å². The van der Waals surface area contributed by atoms with Gasteiger partial charge >= 0.3 is 0 Å². The summed E-state index contributed by atoms with van der Waals surface area (Å²) in [5.74, 6) is 0. The monoisotopic (exact) mass is 270 g/mol. The van der Waals surface area contributed by atoms with Crippen LogP contribution in [0.3, 0.4) is 0 Å². The van der Waals surface area contributed by atoms with Crippen molar-refractivity contribution in [2.45, 2.75) is 31.1 Å². The van der Waals surface area contributed by atoms with Gasteiger partial charge in [0.1, 0.15) is 0 Å². The Morgan fingerprint density at radius 2 is 1.72 bits per heavy atom. The van der Waals surface area contributed by atoms with Crippen LogP contribution in [0.1, 0.15) is 26.2 Å². The Morgan fingerprint density at radius 1 is 1.11 bits per heavy atom. The molecule has 0 spiro atoms. The fourth-order valence-electron chi connectivity index (χ4n) is 1.56. The van der Waals surface area contributed by atoms with Crippen LogP contribution in [-0.2, 0) is 10.0 Å². The molecule has 18 heavy (non-hydrogen) atoms. The van der Waals surface area contributed by atoms with E-state index < -0.39 is 10.0 Å². The van der Waals surface area contributed by atoms with Gasteiger partial charge in [-0.15, -0.1) is 0 Å². The first-order valence-corrected chi connectivity index (χ1v) is 7.69. The molecular formula is C13H22N2O2S. The largest absolute Gasteiger partial charge is 0.385 e. The van der Waals surface area contributed by atoms with Crippen LogP contribution < -0.4 is 5.32 Å². The van der Waals surface area contributed by atoms with Crippen molar-refractivity contribution < 1.29 is 8.42 Å². The van der Waals surface area contributed by atoms with Gasteiger partial charge in [0.15, 0.2) is 0 Å². The summed E-state index contributed by atoms with van der Waals surface area (Å²) in [6, 6.07) is 6.89. The van der Waals surface area contributed by atoms with E-state index in [1.165, 1.54) is 31.2 Å². The lowest BCUT2D eigenvalue weighted by Crippen LogP contribution is -2.22. The smallest absolute Gasteiger partial charge is 0.242 e. The molecule has 0 fully saturated rings. The zero-order valence-electron chi connectivity index (χ0n) is 11.3. The molecule has 0 saturated carbocycles. The predicted molar refractivity (Wildman–Crippen MR) is 75.3 cm³/mol. The van der Waals surface area contributed by atoms with Gasteiger partial charge in [0, 0.05) is 26.3 Å². The number of hydrogen-bond donors (Lipinski definition) is 1. The maximum atomic E-state index is 11.8. The maximum Gasteiger partial charge on any atom is 0.242 e. The van der Waals surface area contributed by atoms with Gasteiger partial charge in [0.2, 0.25) is 10.0 Å². The van der Waals surface area contributed by atoms with Crippen LogP contribution in [0.25, 0.3) is 0 Å². The van der Waals surface area contributed by atoms with Crippen LogP contribution in [0, 0.1) is 0 Å². The van der Waals surface area contributed by atoms with E-state index in [1.54, 1.807) is 12.1 Å². The predicted octanol–water partition coefficient (Wildman–Crippen LogP) is 2.54. The van der Waals surface area contributed by atoms with E-state index in [9.17, 15) is 8.42 Å². The number of anilines is 1. The van der Waals surface area contributed by atoms with Crippen molar-refractivity contribution in [2.24, 2.45) is 0 Å². The third-order valence-corrected chi connectivity index (χ3v) is 4.57. The van der Waals surface area contributed by atoms with E-state index in [0.29, 0.717) is 4.90 Å². The van der Waals surface area contributed by atoms with Crippen molar-refractivity contribution in [1.82, 2.24) is 4.31 Å². The van der Waals surface area contributed by atoms with Gasteiger partial charge in [-0.05, 0) is 30.7 Å². The number of unbranched alkanes of at least 4 members (excludes halogenated alkanes) is 2. The Labute approximate surface area is 110 Å². The van der Waals surface area contributed by atoms with Crippen molar-refractivity contribution >= 4 is 15.7 Å². The second kappa shape index (κ2) is 6.75. The molecule has 0 saturated heterocycles. The van der Waals surface area contributed by atoms with Gasteiger partial charge in [-0.2, -0.15) is 0 Å². The molecule has 0 heterocycles. The highest BCUT2D eigenvalue weighted by atomic mass is 32.2. The molecule has 0 radical (unpaired) electrons. The van der Waals surface area contributed by atoms with Crippen molar-refractivity contribution in [2.75, 3.05) is 26.0 Å². The van der Waals surface area contributed by atoms with Gasteiger partial charge in [-0.1, -0.05) is 19.8 Å². The molecule has 1 aromatic carbocycles. The summed E-state index contributed by atoms with van der Waals surface area (Å²) in [6.07, 6.45) is 3.54. The topological polar surface area (TPSA) is 49.4 Å². The van der Waals surface area contributed by atoms with Crippen molar-refractivity contribution in [3.8, 4) is 0 Å². The summed E-state index contributed by atoms with van der Waals surface area (Å²) in [6.45, 7) is 3.09. The Kier molecular flexibility index (Phi) is 5.62. The lowest BCUT2D eigenvalue weighted by molar-refractivity contribution is 0.521. The average molecular weight is 270 g/mol. The van der Waals surface area contributed by atoms with Crippen LogP contribution in [0.15, 0.2) is 29.2 Å². The molecule has 0 bridgehead atoms. The second-order valence-electron chi connectivity index (χ2n) is 4.45. The van der Waals surface area contributed by atoms with Crippen LogP contribution >= 0.6 is 0 Å². The van der Waals surface area contributed by atoms with Crippen LogP contribution in [0.4, 0.5) is 5.69 Å². The Bertz CT molecular complexity index is 452. The number of rotatable bonds is 7. The van der Waals surface area contributed by atoms with E-state index in [0.717, 1.165) is 18.7 Å². The molecule has 102 valence electrons. The summed E-state index contributed by atoms with van der Waals surface area (Å²) in [7, 11) is -0.249. The summed E-state index contributed by atoms with van der Waals surface area (Å²) >= 11 is 0. The zero-order chi connectivity index (χ0) is 13.6. The molecule has 0 atom stereocenters. The number of sulfonamides is 1. The first kappa shape index (κ1) is 15.0. The number of nitrogens with zero attached hydrogens (tertiary/aromatic N) is 1. The number of benzene rings is 1. The molecule has 4 nitrogen and oxygen atoms in total. The normalized spacial score (nSPS) is 11.8. The molecule has 0 amide bonds. The Morgan fingerprint density at radius 3 is 2.22 bits per heavy atom. The minimum absolute atomic E-state index is 0.326. The summed E-state index contributed by atoms with van der Waals surface area (Å²) in [4.78, 5) is 0.326. The van der Waals surface area contributed by atoms with Gasteiger partial charge in [0.25, 0.3) is 0 Å². The highest BCUT2D eigenvalue weighted by Crippen LogP contribution is 2.16. The lowest BCUT2D eigenvalue weighted by atomic mass is 10.2. The molecular weight excluding hydrogens is 248 g/mol. The minimum Gasteiger partial charge on any atom is -0.385 e. The quantitative estimate of drug-likeness (QED) is 0.775. The Balaban J connectivity index is 2.63. The van der Waals surface area contributed by atoms with E-state index in [1.807, 2.05) is 12.1 Å². The second-order valence-corrected chi connectivity index (χ2v) is 6.60. The van der Waals surface area contributed by atoms with Crippen LogP contribution in [0.2, 0.25) is 0 Å². The van der Waals surface area contributed by atoms with Gasteiger partial charge in [0.05, 0.1) is 4.90 Å². The third-order valence-electron chi connectivity index (χ3n) is 2.74. The van der Waals surface area contributed by atoms with Gasteiger partial charge < -0.3 is 5.32 Å². The number of nitrogens with one attached hydrogen (secondary N) is 1. The number of hydrogen-bond acceptors (Lipinski definition) is 3. The molecule has 1 aromatic rings. The molecule has 1 rings (SSSR count). The summed E-state index contributed by atoms with van der Waals surface area (Å²) in [5, 5.41) is 3.28. The van der Waals surface area contributed by atoms with E-state index in [2.05, 4.69) is 12.2 Å². The minimum atomic E-state index is -3.32. The molecule has 0 aliphatic heterocycles. The third kappa shape index (κ3) is 3.99. The van der Waals surface area contributed by atoms with Crippen LogP contribution in [0.5, 0.6) is 0 Å². The van der Waals surface area contributed by atoms with Crippen molar-refractivity contribution in [1.29, 1.82) is 0 Å². The molecule has 0 aliphatic carbocycles.